The van der Waals surface area contributed by atoms with Crippen molar-refractivity contribution in [2.45, 2.75) is 26.3 Å². The molecule has 1 aliphatic rings. The molecule has 4 rings (SSSR count). The fourth-order valence-electron chi connectivity index (χ4n) is 3.14. The van der Waals surface area contributed by atoms with Gasteiger partial charge in [-0.25, -0.2) is 14.5 Å². The van der Waals surface area contributed by atoms with E-state index in [1.807, 2.05) is 0 Å². The van der Waals surface area contributed by atoms with Gasteiger partial charge < -0.3 is 20.1 Å². The van der Waals surface area contributed by atoms with Crippen LogP contribution in [0.4, 0.5) is 17.2 Å². The van der Waals surface area contributed by atoms with Crippen LogP contribution in [0, 0.1) is 5.92 Å². The van der Waals surface area contributed by atoms with Crippen LogP contribution in [0.1, 0.15) is 30.1 Å². The SMILES string of the molecule is CCOC(=O)c1cnc(NC(=O)C2CC2)cc1Nc1csc2cnn(CCOC)c(=O)c12. The maximum absolute atomic E-state index is 13.0. The third-order valence-electron chi connectivity index (χ3n) is 4.96. The Hall–Kier alpha value is -3.31. The number of aromatic nitrogens is 3. The molecule has 0 aromatic carbocycles. The van der Waals surface area contributed by atoms with Crippen LogP contribution in [0.2, 0.25) is 0 Å². The van der Waals surface area contributed by atoms with Gasteiger partial charge in [-0.05, 0) is 19.8 Å². The van der Waals surface area contributed by atoms with Crippen molar-refractivity contribution in [3.05, 3.63) is 39.8 Å². The van der Waals surface area contributed by atoms with E-state index < -0.39 is 5.97 Å². The molecule has 168 valence electrons. The van der Waals surface area contributed by atoms with E-state index in [2.05, 4.69) is 20.7 Å². The van der Waals surface area contributed by atoms with Crippen LogP contribution in [0.3, 0.4) is 0 Å². The van der Waals surface area contributed by atoms with E-state index in [0.717, 1.165) is 12.8 Å². The maximum atomic E-state index is 13.0. The number of hydrogen-bond donors (Lipinski definition) is 2. The minimum atomic E-state index is -0.554. The lowest BCUT2D eigenvalue weighted by atomic mass is 10.2. The summed E-state index contributed by atoms with van der Waals surface area (Å²) in [6.45, 7) is 2.59. The van der Waals surface area contributed by atoms with E-state index in [0.29, 0.717) is 40.4 Å². The van der Waals surface area contributed by atoms with Crippen molar-refractivity contribution in [2.75, 3.05) is 31.0 Å². The summed E-state index contributed by atoms with van der Waals surface area (Å²) < 4.78 is 12.2. The number of hydrogen-bond acceptors (Lipinski definition) is 9. The standard InChI is InChI=1S/C21H23N5O5S/c1-3-31-21(29)13-9-22-17(25-19(27)12-4-5-12)8-14(13)24-15-11-32-16-10-23-26(6-7-30-2)20(28)18(15)16/h8-12H,3-7H2,1-2H3,(H2,22,24,25,27). The fraction of sp³-hybridized carbons (Fsp3) is 0.381. The molecule has 0 atom stereocenters. The summed E-state index contributed by atoms with van der Waals surface area (Å²) in [4.78, 5) is 41.8. The van der Waals surface area contributed by atoms with Gasteiger partial charge in [-0.2, -0.15) is 5.10 Å². The molecule has 1 aliphatic carbocycles. The van der Waals surface area contributed by atoms with Crippen molar-refractivity contribution in [1.82, 2.24) is 14.8 Å². The number of carbonyl (C=O) groups is 2. The smallest absolute Gasteiger partial charge is 0.341 e. The quantitative estimate of drug-likeness (QED) is 0.470. The van der Waals surface area contributed by atoms with Gasteiger partial charge in [-0.3, -0.25) is 9.59 Å². The summed E-state index contributed by atoms with van der Waals surface area (Å²) >= 11 is 1.36. The van der Waals surface area contributed by atoms with Gasteiger partial charge in [-0.1, -0.05) is 0 Å². The summed E-state index contributed by atoms with van der Waals surface area (Å²) in [6.07, 6.45) is 4.71. The Morgan fingerprint density at radius 1 is 1.28 bits per heavy atom. The first kappa shape index (κ1) is 21.9. The van der Waals surface area contributed by atoms with Crippen LogP contribution in [0.15, 0.2) is 28.6 Å². The summed E-state index contributed by atoms with van der Waals surface area (Å²) in [6, 6.07) is 1.57. The van der Waals surface area contributed by atoms with Gasteiger partial charge >= 0.3 is 5.97 Å². The minimum absolute atomic E-state index is 0.0110. The highest BCUT2D eigenvalue weighted by Gasteiger charge is 2.30. The Morgan fingerprint density at radius 2 is 2.09 bits per heavy atom. The number of ether oxygens (including phenoxy) is 2. The molecule has 3 heterocycles. The molecule has 1 amide bonds. The molecular formula is C21H23N5O5S. The number of amides is 1. The zero-order valence-corrected chi connectivity index (χ0v) is 18.5. The van der Waals surface area contributed by atoms with Crippen LogP contribution >= 0.6 is 11.3 Å². The van der Waals surface area contributed by atoms with Crippen LogP contribution < -0.4 is 16.2 Å². The summed E-state index contributed by atoms with van der Waals surface area (Å²) in [5.41, 5.74) is 0.838. The van der Waals surface area contributed by atoms with E-state index in [1.54, 1.807) is 31.7 Å². The first-order valence-corrected chi connectivity index (χ1v) is 11.1. The molecule has 11 heteroatoms. The first-order chi connectivity index (χ1) is 15.5. The Labute approximate surface area is 187 Å². The number of nitrogens with one attached hydrogen (secondary N) is 2. The molecule has 2 N–H and O–H groups in total. The third-order valence-corrected chi connectivity index (χ3v) is 5.87. The number of methoxy groups -OCH3 is 1. The van der Waals surface area contributed by atoms with E-state index in [4.69, 9.17) is 9.47 Å². The van der Waals surface area contributed by atoms with Crippen molar-refractivity contribution in [3.8, 4) is 0 Å². The highest BCUT2D eigenvalue weighted by molar-refractivity contribution is 7.17. The van der Waals surface area contributed by atoms with Crippen molar-refractivity contribution in [3.63, 3.8) is 0 Å². The summed E-state index contributed by atoms with van der Waals surface area (Å²) in [5, 5.41) is 12.4. The molecule has 1 fully saturated rings. The molecule has 32 heavy (non-hydrogen) atoms. The van der Waals surface area contributed by atoms with Crippen LogP contribution in [0.5, 0.6) is 0 Å². The molecule has 0 aliphatic heterocycles. The molecule has 3 aromatic heterocycles. The Balaban J connectivity index is 1.71. The molecule has 0 unspecified atom stereocenters. The number of pyridine rings is 1. The molecule has 0 bridgehead atoms. The minimum Gasteiger partial charge on any atom is -0.462 e. The van der Waals surface area contributed by atoms with Gasteiger partial charge in [0.2, 0.25) is 5.91 Å². The highest BCUT2D eigenvalue weighted by Crippen LogP contribution is 2.33. The van der Waals surface area contributed by atoms with Crippen LogP contribution in [-0.2, 0) is 20.8 Å². The molecule has 0 radical (unpaired) electrons. The first-order valence-electron chi connectivity index (χ1n) is 10.2. The Kier molecular flexibility index (Phi) is 6.47. The molecule has 3 aromatic rings. The lowest BCUT2D eigenvalue weighted by Gasteiger charge is -2.13. The maximum Gasteiger partial charge on any atom is 0.341 e. The Bertz CT molecular complexity index is 1220. The predicted molar refractivity (Wildman–Crippen MR) is 121 cm³/mol. The fourth-order valence-corrected chi connectivity index (χ4v) is 3.98. The van der Waals surface area contributed by atoms with E-state index >= 15 is 0 Å². The van der Waals surface area contributed by atoms with Gasteiger partial charge in [0.25, 0.3) is 5.56 Å². The lowest BCUT2D eigenvalue weighted by Crippen LogP contribution is -2.24. The Morgan fingerprint density at radius 3 is 2.81 bits per heavy atom. The van der Waals surface area contributed by atoms with Gasteiger partial charge in [-0.15, -0.1) is 11.3 Å². The van der Waals surface area contributed by atoms with E-state index in [-0.39, 0.29) is 29.6 Å². The highest BCUT2D eigenvalue weighted by atomic mass is 32.1. The molecule has 0 spiro atoms. The number of carbonyl (C=O) groups excluding carboxylic acids is 2. The predicted octanol–water partition coefficient (Wildman–Crippen LogP) is 2.77. The largest absolute Gasteiger partial charge is 0.462 e. The molecule has 0 saturated heterocycles. The second kappa shape index (κ2) is 9.45. The monoisotopic (exact) mass is 457 g/mol. The number of esters is 1. The second-order valence-corrected chi connectivity index (χ2v) is 8.19. The van der Waals surface area contributed by atoms with Gasteiger partial charge in [0.05, 0.1) is 47.4 Å². The number of rotatable bonds is 9. The van der Waals surface area contributed by atoms with Gasteiger partial charge in [0.1, 0.15) is 11.4 Å². The van der Waals surface area contributed by atoms with Crippen LogP contribution in [0.25, 0.3) is 10.1 Å². The van der Waals surface area contributed by atoms with E-state index in [1.165, 1.54) is 22.2 Å². The molecule has 1 saturated carbocycles. The van der Waals surface area contributed by atoms with Crippen molar-refractivity contribution in [2.24, 2.45) is 5.92 Å². The average Bonchev–Trinajstić information content (AvgIpc) is 3.55. The van der Waals surface area contributed by atoms with Crippen molar-refractivity contribution < 1.29 is 19.1 Å². The van der Waals surface area contributed by atoms with Crippen molar-refractivity contribution in [1.29, 1.82) is 0 Å². The second-order valence-electron chi connectivity index (χ2n) is 7.28. The zero-order chi connectivity index (χ0) is 22.7. The summed E-state index contributed by atoms with van der Waals surface area (Å²) in [7, 11) is 1.56. The topological polar surface area (TPSA) is 124 Å². The third kappa shape index (κ3) is 4.63. The normalized spacial score (nSPS) is 13.2. The number of anilines is 3. The van der Waals surface area contributed by atoms with Crippen molar-refractivity contribution >= 4 is 50.5 Å². The average molecular weight is 458 g/mol. The van der Waals surface area contributed by atoms with Gasteiger partial charge in [0, 0.05) is 30.7 Å². The van der Waals surface area contributed by atoms with Gasteiger partial charge in [0.15, 0.2) is 0 Å². The number of nitrogens with zero attached hydrogens (tertiary/aromatic N) is 3. The lowest BCUT2D eigenvalue weighted by molar-refractivity contribution is -0.117. The number of fused-ring (bicyclic) bond motifs is 1. The molecular weight excluding hydrogens is 434 g/mol. The zero-order valence-electron chi connectivity index (χ0n) is 17.7. The summed E-state index contributed by atoms with van der Waals surface area (Å²) in [5.74, 6) is -0.324. The number of thiophene rings is 1. The molecule has 10 nitrogen and oxygen atoms in total. The van der Waals surface area contributed by atoms with E-state index in [9.17, 15) is 14.4 Å². The van der Waals surface area contributed by atoms with Crippen LogP contribution in [-0.4, -0.2) is 47.0 Å².